The van der Waals surface area contributed by atoms with E-state index in [1.54, 1.807) is 38.1 Å². The number of nitrogens with zero attached hydrogens (tertiary/aromatic N) is 1. The van der Waals surface area contributed by atoms with Gasteiger partial charge in [0.2, 0.25) is 0 Å². The fraction of sp³-hybridized carbons (Fsp3) is 0.389. The van der Waals surface area contributed by atoms with Gasteiger partial charge in [0.1, 0.15) is 24.4 Å². The molecule has 0 saturated carbocycles. The van der Waals surface area contributed by atoms with E-state index in [1.807, 2.05) is 6.92 Å². The molecule has 2 rings (SSSR count). The minimum atomic E-state index is -1.24. The van der Waals surface area contributed by atoms with E-state index < -0.39 is 30.0 Å². The zero-order valence-corrected chi connectivity index (χ0v) is 14.6. The Labute approximate surface area is 146 Å². The molecule has 134 valence electrons. The Morgan fingerprint density at radius 3 is 2.48 bits per heavy atom. The van der Waals surface area contributed by atoms with Gasteiger partial charge in [-0.05, 0) is 44.0 Å². The molecule has 1 aliphatic heterocycles. The standard InChI is InChI=1S/C18H22N2O5/c1-5-24-15(21)10-20-16(22)18(4,19-17(20)23)13-6-8-14(9-7-13)25-11-12(2)3/h6-9H,2,5,10-11H2,1,3-4H3,(H,19,23)/t18-/m0/s1. The highest BCUT2D eigenvalue weighted by Crippen LogP contribution is 2.30. The molecule has 3 amide bonds. The van der Waals surface area contributed by atoms with Gasteiger partial charge in [-0.25, -0.2) is 4.79 Å². The van der Waals surface area contributed by atoms with Crippen LogP contribution in [0.15, 0.2) is 36.4 Å². The normalized spacial score (nSPS) is 19.6. The topological polar surface area (TPSA) is 84.9 Å². The molecule has 1 aromatic carbocycles. The maximum absolute atomic E-state index is 12.7. The van der Waals surface area contributed by atoms with E-state index in [1.165, 1.54) is 0 Å². The molecule has 25 heavy (non-hydrogen) atoms. The second kappa shape index (κ2) is 7.38. The lowest BCUT2D eigenvalue weighted by molar-refractivity contribution is -0.147. The summed E-state index contributed by atoms with van der Waals surface area (Å²) in [7, 11) is 0. The van der Waals surface area contributed by atoms with Gasteiger partial charge in [0.15, 0.2) is 0 Å². The molecule has 0 bridgehead atoms. The molecule has 1 heterocycles. The summed E-state index contributed by atoms with van der Waals surface area (Å²) in [6.45, 7) is 9.06. The first-order chi connectivity index (χ1) is 11.8. The van der Waals surface area contributed by atoms with Gasteiger partial charge in [-0.1, -0.05) is 18.7 Å². The molecule has 0 aromatic heterocycles. The van der Waals surface area contributed by atoms with E-state index in [2.05, 4.69) is 11.9 Å². The molecule has 7 nitrogen and oxygen atoms in total. The van der Waals surface area contributed by atoms with Crippen LogP contribution in [-0.2, 0) is 19.9 Å². The van der Waals surface area contributed by atoms with Crippen LogP contribution < -0.4 is 10.1 Å². The summed E-state index contributed by atoms with van der Waals surface area (Å²) in [5, 5.41) is 2.64. The highest BCUT2D eigenvalue weighted by atomic mass is 16.5. The van der Waals surface area contributed by atoms with Crippen LogP contribution in [0.3, 0.4) is 0 Å². The molecule has 0 aliphatic carbocycles. The number of amides is 3. The second-order valence-electron chi connectivity index (χ2n) is 6.02. The van der Waals surface area contributed by atoms with Gasteiger partial charge >= 0.3 is 12.0 Å². The van der Waals surface area contributed by atoms with Crippen molar-refractivity contribution in [1.29, 1.82) is 0 Å². The summed E-state index contributed by atoms with van der Waals surface area (Å²) in [6, 6.07) is 6.23. The van der Waals surface area contributed by atoms with Crippen LogP contribution in [0.1, 0.15) is 26.3 Å². The minimum absolute atomic E-state index is 0.186. The molecular weight excluding hydrogens is 324 g/mol. The van der Waals surface area contributed by atoms with E-state index in [4.69, 9.17) is 9.47 Å². The van der Waals surface area contributed by atoms with E-state index >= 15 is 0 Å². The Hall–Kier alpha value is -2.83. The van der Waals surface area contributed by atoms with E-state index in [0.717, 1.165) is 10.5 Å². The zero-order chi connectivity index (χ0) is 18.6. The van der Waals surface area contributed by atoms with Crippen molar-refractivity contribution < 1.29 is 23.9 Å². The molecule has 1 saturated heterocycles. The molecule has 1 atom stereocenters. The van der Waals surface area contributed by atoms with Gasteiger partial charge in [0.25, 0.3) is 5.91 Å². The number of nitrogens with one attached hydrogen (secondary N) is 1. The first-order valence-electron chi connectivity index (χ1n) is 7.95. The number of hydrogen-bond acceptors (Lipinski definition) is 5. The Morgan fingerprint density at radius 1 is 1.28 bits per heavy atom. The van der Waals surface area contributed by atoms with Gasteiger partial charge in [-0.2, -0.15) is 0 Å². The number of hydrogen-bond donors (Lipinski definition) is 1. The second-order valence-corrected chi connectivity index (χ2v) is 6.02. The summed E-state index contributed by atoms with van der Waals surface area (Å²) in [6.07, 6.45) is 0. The van der Waals surface area contributed by atoms with Crippen LogP contribution in [-0.4, -0.2) is 42.6 Å². The predicted octanol–water partition coefficient (Wildman–Crippen LogP) is 1.97. The van der Waals surface area contributed by atoms with Crippen molar-refractivity contribution in [2.45, 2.75) is 26.3 Å². The number of carbonyl (C=O) groups is 3. The number of carbonyl (C=O) groups excluding carboxylic acids is 3. The molecule has 7 heteroatoms. The highest BCUT2D eigenvalue weighted by molar-refractivity contribution is 6.08. The van der Waals surface area contributed by atoms with Crippen LogP contribution in [0, 0.1) is 0 Å². The highest BCUT2D eigenvalue weighted by Gasteiger charge is 2.49. The molecule has 1 aliphatic rings. The maximum Gasteiger partial charge on any atom is 0.326 e. The third-order valence-electron chi connectivity index (χ3n) is 3.78. The largest absolute Gasteiger partial charge is 0.489 e. The lowest BCUT2D eigenvalue weighted by Gasteiger charge is -2.22. The maximum atomic E-state index is 12.7. The van der Waals surface area contributed by atoms with Crippen LogP contribution in [0.4, 0.5) is 4.79 Å². The third kappa shape index (κ3) is 3.99. The minimum Gasteiger partial charge on any atom is -0.489 e. The Balaban J connectivity index is 2.15. The van der Waals surface area contributed by atoms with E-state index in [9.17, 15) is 14.4 Å². The summed E-state index contributed by atoms with van der Waals surface area (Å²) in [4.78, 5) is 37.2. The van der Waals surface area contributed by atoms with Crippen LogP contribution in [0.5, 0.6) is 5.75 Å². The Kier molecular flexibility index (Phi) is 5.46. The summed E-state index contributed by atoms with van der Waals surface area (Å²) in [5.74, 6) is -0.490. The monoisotopic (exact) mass is 346 g/mol. The summed E-state index contributed by atoms with van der Waals surface area (Å²) in [5.41, 5.74) is 0.250. The summed E-state index contributed by atoms with van der Waals surface area (Å²) >= 11 is 0. The van der Waals surface area contributed by atoms with Gasteiger partial charge in [-0.15, -0.1) is 0 Å². The fourth-order valence-electron chi connectivity index (χ4n) is 2.46. The lowest BCUT2D eigenvalue weighted by Crippen LogP contribution is -2.41. The predicted molar refractivity (Wildman–Crippen MR) is 91.0 cm³/mol. The van der Waals surface area contributed by atoms with Gasteiger partial charge < -0.3 is 14.8 Å². The van der Waals surface area contributed by atoms with Crippen LogP contribution in [0.2, 0.25) is 0 Å². The van der Waals surface area contributed by atoms with Crippen LogP contribution >= 0.6 is 0 Å². The van der Waals surface area contributed by atoms with Crippen molar-refractivity contribution in [3.63, 3.8) is 0 Å². The average Bonchev–Trinajstić information content (AvgIpc) is 2.78. The summed E-state index contributed by atoms with van der Waals surface area (Å²) < 4.78 is 10.3. The third-order valence-corrected chi connectivity index (χ3v) is 3.78. The van der Waals surface area contributed by atoms with Crippen molar-refractivity contribution >= 4 is 17.9 Å². The number of ether oxygens (including phenoxy) is 2. The number of urea groups is 1. The Bertz CT molecular complexity index is 698. The number of benzene rings is 1. The van der Waals surface area contributed by atoms with Gasteiger partial charge in [0.05, 0.1) is 6.61 Å². The quantitative estimate of drug-likeness (QED) is 0.463. The Morgan fingerprint density at radius 2 is 1.92 bits per heavy atom. The molecule has 1 aromatic rings. The number of rotatable bonds is 7. The van der Waals surface area contributed by atoms with E-state index in [-0.39, 0.29) is 6.61 Å². The molecule has 0 radical (unpaired) electrons. The lowest BCUT2D eigenvalue weighted by atomic mass is 9.92. The fourth-order valence-corrected chi connectivity index (χ4v) is 2.46. The molecule has 1 fully saturated rings. The average molecular weight is 346 g/mol. The molecule has 0 spiro atoms. The first kappa shape index (κ1) is 18.5. The van der Waals surface area contributed by atoms with Crippen molar-refractivity contribution in [1.82, 2.24) is 10.2 Å². The number of imide groups is 1. The SMILES string of the molecule is C=C(C)COc1ccc([C@]2(C)NC(=O)N(CC(=O)OCC)C2=O)cc1. The van der Waals surface area contributed by atoms with Gasteiger partial charge in [0, 0.05) is 0 Å². The van der Waals surface area contributed by atoms with Gasteiger partial charge in [-0.3, -0.25) is 14.5 Å². The van der Waals surface area contributed by atoms with Crippen molar-refractivity contribution in [3.05, 3.63) is 42.0 Å². The molecular formula is C18H22N2O5. The van der Waals surface area contributed by atoms with Crippen molar-refractivity contribution in [3.8, 4) is 5.75 Å². The molecule has 0 unspecified atom stereocenters. The molecule has 1 N–H and O–H groups in total. The van der Waals surface area contributed by atoms with Crippen molar-refractivity contribution in [2.24, 2.45) is 0 Å². The van der Waals surface area contributed by atoms with E-state index in [0.29, 0.717) is 17.9 Å². The smallest absolute Gasteiger partial charge is 0.326 e. The first-order valence-corrected chi connectivity index (χ1v) is 7.95. The zero-order valence-electron chi connectivity index (χ0n) is 14.6. The van der Waals surface area contributed by atoms with Crippen molar-refractivity contribution in [2.75, 3.05) is 19.8 Å². The number of esters is 1. The van der Waals surface area contributed by atoms with Crippen LogP contribution in [0.25, 0.3) is 0 Å².